The van der Waals surface area contributed by atoms with E-state index in [9.17, 15) is 10.1 Å². The molecule has 3 rings (SSSR count). The minimum absolute atomic E-state index is 0.000215. The number of nitrogens with zero attached hydrogens (tertiary/aromatic N) is 5. The lowest BCUT2D eigenvalue weighted by Gasteiger charge is -2.06. The number of benzene rings is 1. The summed E-state index contributed by atoms with van der Waals surface area (Å²) in [7, 11) is 0. The SMILES string of the molecule is Nc1nc(N/N=C/c2ccc([N+](=O)[O-])o2)nc(Nc2ccccc2)n1. The molecule has 0 aliphatic rings. The van der Waals surface area contributed by atoms with E-state index in [1.807, 2.05) is 30.3 Å². The number of nitrogen functional groups attached to an aromatic ring is 1. The van der Waals surface area contributed by atoms with Crippen LogP contribution >= 0.6 is 0 Å². The third kappa shape index (κ3) is 4.25. The summed E-state index contributed by atoms with van der Waals surface area (Å²) in [6, 6.07) is 11.9. The summed E-state index contributed by atoms with van der Waals surface area (Å²) < 4.78 is 4.93. The molecule has 0 atom stereocenters. The lowest BCUT2D eigenvalue weighted by Crippen LogP contribution is -2.06. The van der Waals surface area contributed by atoms with Crippen LogP contribution in [0.15, 0.2) is 52.0 Å². The highest BCUT2D eigenvalue weighted by molar-refractivity contribution is 5.76. The molecule has 4 N–H and O–H groups in total. The van der Waals surface area contributed by atoms with Crippen LogP contribution in [0.5, 0.6) is 0 Å². The molecule has 0 aliphatic carbocycles. The second kappa shape index (κ2) is 7.04. The largest absolute Gasteiger partial charge is 0.433 e. The van der Waals surface area contributed by atoms with E-state index in [4.69, 9.17) is 10.2 Å². The van der Waals surface area contributed by atoms with Gasteiger partial charge in [0.15, 0.2) is 5.76 Å². The quantitative estimate of drug-likeness (QED) is 0.347. The molecule has 0 unspecified atom stereocenters. The van der Waals surface area contributed by atoms with Gasteiger partial charge in [0.1, 0.15) is 4.92 Å². The van der Waals surface area contributed by atoms with Gasteiger partial charge in [-0.2, -0.15) is 20.1 Å². The second-order valence-electron chi connectivity index (χ2n) is 4.63. The Morgan fingerprint density at radius 3 is 2.60 bits per heavy atom. The molecule has 0 saturated heterocycles. The topological polar surface area (TPSA) is 157 Å². The van der Waals surface area contributed by atoms with Crippen LogP contribution in [0.1, 0.15) is 5.76 Å². The Morgan fingerprint density at radius 2 is 1.88 bits per heavy atom. The molecule has 25 heavy (non-hydrogen) atoms. The summed E-state index contributed by atoms with van der Waals surface area (Å²) in [5.41, 5.74) is 8.98. The predicted octanol–water partition coefficient (Wildman–Crippen LogP) is 2.14. The number of furan rings is 1. The van der Waals surface area contributed by atoms with Crippen molar-refractivity contribution in [3.8, 4) is 0 Å². The van der Waals surface area contributed by atoms with Crippen LogP contribution in [0, 0.1) is 10.1 Å². The van der Waals surface area contributed by atoms with Crippen molar-refractivity contribution in [2.24, 2.45) is 5.10 Å². The van der Waals surface area contributed by atoms with Gasteiger partial charge < -0.3 is 15.5 Å². The summed E-state index contributed by atoms with van der Waals surface area (Å²) in [4.78, 5) is 21.9. The van der Waals surface area contributed by atoms with E-state index >= 15 is 0 Å². The summed E-state index contributed by atoms with van der Waals surface area (Å²) in [6.45, 7) is 0. The molecule has 0 amide bonds. The van der Waals surface area contributed by atoms with Gasteiger partial charge >= 0.3 is 5.88 Å². The number of hydrogen-bond acceptors (Lipinski definition) is 10. The molecule has 0 radical (unpaired) electrons. The molecule has 0 aliphatic heterocycles. The number of nitrogens with one attached hydrogen (secondary N) is 2. The van der Waals surface area contributed by atoms with Crippen molar-refractivity contribution >= 4 is 35.6 Å². The van der Waals surface area contributed by atoms with Crippen LogP contribution in [-0.2, 0) is 0 Å². The van der Waals surface area contributed by atoms with Crippen LogP contribution in [0.3, 0.4) is 0 Å². The molecule has 0 saturated carbocycles. The fourth-order valence-electron chi connectivity index (χ4n) is 1.81. The molecule has 2 aromatic heterocycles. The third-order valence-electron chi connectivity index (χ3n) is 2.83. The molecule has 0 fully saturated rings. The van der Waals surface area contributed by atoms with Crippen molar-refractivity contribution in [2.75, 3.05) is 16.5 Å². The molecule has 2 heterocycles. The van der Waals surface area contributed by atoms with Crippen molar-refractivity contribution in [3.63, 3.8) is 0 Å². The van der Waals surface area contributed by atoms with Gasteiger partial charge in [-0.3, -0.25) is 10.1 Å². The number of anilines is 4. The van der Waals surface area contributed by atoms with Gasteiger partial charge in [-0.15, -0.1) is 0 Å². The van der Waals surface area contributed by atoms with Gasteiger partial charge in [0.05, 0.1) is 12.3 Å². The summed E-state index contributed by atoms with van der Waals surface area (Å²) in [5, 5.41) is 17.4. The first-order valence-corrected chi connectivity index (χ1v) is 6.97. The van der Waals surface area contributed by atoms with E-state index in [-0.39, 0.29) is 29.5 Å². The van der Waals surface area contributed by atoms with Crippen LogP contribution in [0.2, 0.25) is 0 Å². The Hall–Kier alpha value is -4.02. The normalized spacial score (nSPS) is 10.7. The molecule has 3 aromatic rings. The average molecular weight is 340 g/mol. The van der Waals surface area contributed by atoms with Crippen molar-refractivity contribution in [1.29, 1.82) is 0 Å². The van der Waals surface area contributed by atoms with E-state index in [1.54, 1.807) is 0 Å². The van der Waals surface area contributed by atoms with E-state index < -0.39 is 4.92 Å². The third-order valence-corrected chi connectivity index (χ3v) is 2.83. The van der Waals surface area contributed by atoms with Gasteiger partial charge in [0.2, 0.25) is 17.8 Å². The Bertz CT molecular complexity index is 909. The Morgan fingerprint density at radius 1 is 1.12 bits per heavy atom. The number of para-hydroxylation sites is 1. The Kier molecular flexibility index (Phi) is 4.46. The minimum Gasteiger partial charge on any atom is -0.400 e. The highest BCUT2D eigenvalue weighted by Gasteiger charge is 2.10. The number of aromatic nitrogens is 3. The maximum Gasteiger partial charge on any atom is 0.433 e. The summed E-state index contributed by atoms with van der Waals surface area (Å²) >= 11 is 0. The smallest absolute Gasteiger partial charge is 0.400 e. The van der Waals surface area contributed by atoms with Gasteiger partial charge in [-0.05, 0) is 18.2 Å². The molecule has 0 spiro atoms. The first-order valence-electron chi connectivity index (χ1n) is 6.97. The Labute approximate surface area is 140 Å². The zero-order chi connectivity index (χ0) is 17.6. The summed E-state index contributed by atoms with van der Waals surface area (Å²) in [6.07, 6.45) is 1.25. The lowest BCUT2D eigenvalue weighted by molar-refractivity contribution is -0.402. The average Bonchev–Trinajstić information content (AvgIpc) is 3.04. The van der Waals surface area contributed by atoms with Crippen molar-refractivity contribution in [1.82, 2.24) is 15.0 Å². The number of nitrogens with two attached hydrogens (primary N) is 1. The standard InChI is InChI=1S/C14H12N8O3/c15-12-18-13(17-9-4-2-1-3-5-9)20-14(19-12)21-16-8-10-6-7-11(25-10)22(23)24/h1-8H,(H4,15,17,18,19,20,21)/b16-8+. The monoisotopic (exact) mass is 340 g/mol. The lowest BCUT2D eigenvalue weighted by atomic mass is 10.3. The molecule has 1 aromatic carbocycles. The second-order valence-corrected chi connectivity index (χ2v) is 4.63. The number of nitro groups is 1. The maximum absolute atomic E-state index is 10.5. The molecular formula is C14H12N8O3. The fraction of sp³-hybridized carbons (Fsp3) is 0. The van der Waals surface area contributed by atoms with Crippen molar-refractivity contribution < 1.29 is 9.34 Å². The van der Waals surface area contributed by atoms with Gasteiger partial charge in [-0.25, -0.2) is 5.43 Å². The highest BCUT2D eigenvalue weighted by atomic mass is 16.6. The highest BCUT2D eigenvalue weighted by Crippen LogP contribution is 2.15. The van der Waals surface area contributed by atoms with Crippen LogP contribution in [-0.4, -0.2) is 26.1 Å². The summed E-state index contributed by atoms with van der Waals surface area (Å²) in [5.74, 6) is 0.164. The number of hydrogen-bond donors (Lipinski definition) is 3. The molecule has 11 heteroatoms. The predicted molar refractivity (Wildman–Crippen MR) is 90.5 cm³/mol. The van der Waals surface area contributed by atoms with E-state index in [1.165, 1.54) is 18.3 Å². The van der Waals surface area contributed by atoms with E-state index in [0.29, 0.717) is 0 Å². The van der Waals surface area contributed by atoms with E-state index in [2.05, 4.69) is 30.8 Å². The van der Waals surface area contributed by atoms with Crippen LogP contribution in [0.4, 0.5) is 29.4 Å². The maximum atomic E-state index is 10.5. The van der Waals surface area contributed by atoms with E-state index in [0.717, 1.165) is 5.69 Å². The van der Waals surface area contributed by atoms with Crippen molar-refractivity contribution in [3.05, 3.63) is 58.3 Å². The molecule has 126 valence electrons. The molecule has 11 nitrogen and oxygen atoms in total. The fourth-order valence-corrected chi connectivity index (χ4v) is 1.81. The van der Waals surface area contributed by atoms with Gasteiger partial charge in [0, 0.05) is 5.69 Å². The first-order chi connectivity index (χ1) is 12.1. The van der Waals surface area contributed by atoms with Crippen molar-refractivity contribution in [2.45, 2.75) is 0 Å². The van der Waals surface area contributed by atoms with Gasteiger partial charge in [-0.1, -0.05) is 18.2 Å². The molecule has 0 bridgehead atoms. The Balaban J connectivity index is 1.69. The zero-order valence-electron chi connectivity index (χ0n) is 12.7. The number of hydrazone groups is 1. The number of rotatable bonds is 6. The van der Waals surface area contributed by atoms with Gasteiger partial charge in [0.25, 0.3) is 0 Å². The zero-order valence-corrected chi connectivity index (χ0v) is 12.7. The first kappa shape index (κ1) is 15.9. The molecular weight excluding hydrogens is 328 g/mol. The minimum atomic E-state index is -0.640. The van der Waals surface area contributed by atoms with Crippen LogP contribution < -0.4 is 16.5 Å². The van der Waals surface area contributed by atoms with Crippen LogP contribution in [0.25, 0.3) is 0 Å².